The van der Waals surface area contributed by atoms with Crippen molar-refractivity contribution < 1.29 is 49.7 Å². The van der Waals surface area contributed by atoms with Crippen LogP contribution in [0.2, 0.25) is 0 Å². The molecule has 0 amide bonds. The van der Waals surface area contributed by atoms with Gasteiger partial charge in [0.05, 0.1) is 24.2 Å². The zero-order valence-corrected chi connectivity index (χ0v) is 28.5. The number of rotatable bonds is 4. The van der Waals surface area contributed by atoms with Gasteiger partial charge in [-0.2, -0.15) is 0 Å². The largest absolute Gasteiger partial charge is 0.481 e. The van der Waals surface area contributed by atoms with Crippen molar-refractivity contribution >= 4 is 11.8 Å². The topological polar surface area (TPSA) is 174 Å². The summed E-state index contributed by atoms with van der Waals surface area (Å²) in [7, 11) is 0. The van der Waals surface area contributed by atoms with E-state index in [1.165, 1.54) is 0 Å². The van der Waals surface area contributed by atoms with E-state index in [0.29, 0.717) is 44.9 Å². The number of hydrogen-bond donors (Lipinski definition) is 6. The highest BCUT2D eigenvalue weighted by molar-refractivity contribution is 5.96. The van der Waals surface area contributed by atoms with Gasteiger partial charge in [0, 0.05) is 11.3 Å². The van der Waals surface area contributed by atoms with Gasteiger partial charge in [-0.3, -0.25) is 9.59 Å². The molecule has 1 heterocycles. The minimum Gasteiger partial charge on any atom is -0.481 e. The number of carboxylic acids is 1. The quantitative estimate of drug-likeness (QED) is 0.249. The molecule has 46 heavy (non-hydrogen) atoms. The number of allylic oxidation sites excluding steroid dienone is 1. The van der Waals surface area contributed by atoms with Crippen LogP contribution in [0.5, 0.6) is 0 Å². The first-order valence-electron chi connectivity index (χ1n) is 17.3. The van der Waals surface area contributed by atoms with Crippen LogP contribution < -0.4 is 0 Å². The molecule has 0 spiro atoms. The number of hydrogen-bond acceptors (Lipinski definition) is 9. The predicted molar refractivity (Wildman–Crippen MR) is 167 cm³/mol. The summed E-state index contributed by atoms with van der Waals surface area (Å²) in [5.41, 5.74) is -2.31. The Bertz CT molecular complexity index is 1300. The molecule has 10 nitrogen and oxygen atoms in total. The van der Waals surface area contributed by atoms with Gasteiger partial charge in [0.1, 0.15) is 24.4 Å². The standard InChI is InChI=1S/C36H56O10/c1-31(2)22-8-11-35(6)28(34(22,5)10-9-24(31)46-29-27(42)26(41)25(40)21(17-37)45-29)20(38)14-18-19-15-33(4,30(43)44)13-12-32(19,3)16-23(39)36(18,35)7/h14,19,21-29,37,39-42H,8-13,15-17H2,1-7H3,(H,43,44)/t19-,21+,22-,23-,24-,25+,26-,27+,28?,29-,32+,33-,34-,35+,36-/m0/s1. The second-order valence-corrected chi connectivity index (χ2v) is 17.8. The highest BCUT2D eigenvalue weighted by Gasteiger charge is 2.72. The van der Waals surface area contributed by atoms with Crippen molar-refractivity contribution in [2.24, 2.45) is 50.2 Å². The number of aliphatic carboxylic acids is 1. The highest BCUT2D eigenvalue weighted by atomic mass is 16.7. The molecular formula is C36H56O10. The van der Waals surface area contributed by atoms with E-state index in [2.05, 4.69) is 41.5 Å². The van der Waals surface area contributed by atoms with E-state index in [1.54, 1.807) is 0 Å². The minimum atomic E-state index is -1.52. The second-order valence-electron chi connectivity index (χ2n) is 17.8. The van der Waals surface area contributed by atoms with Gasteiger partial charge >= 0.3 is 5.97 Å². The fourth-order valence-corrected chi connectivity index (χ4v) is 12.1. The van der Waals surface area contributed by atoms with Crippen molar-refractivity contribution in [2.75, 3.05) is 6.61 Å². The lowest BCUT2D eigenvalue weighted by molar-refractivity contribution is -0.329. The maximum atomic E-state index is 14.6. The Balaban J connectivity index is 1.34. The van der Waals surface area contributed by atoms with Crippen molar-refractivity contribution in [1.82, 2.24) is 0 Å². The Hall–Kier alpha value is -1.40. The normalized spacial score (nSPS) is 54.9. The van der Waals surface area contributed by atoms with Crippen molar-refractivity contribution in [1.29, 1.82) is 0 Å². The molecule has 5 fully saturated rings. The van der Waals surface area contributed by atoms with E-state index >= 15 is 0 Å². The third-order valence-electron chi connectivity index (χ3n) is 15.2. The van der Waals surface area contributed by atoms with Crippen LogP contribution >= 0.6 is 0 Å². The van der Waals surface area contributed by atoms with E-state index in [1.807, 2.05) is 13.0 Å². The molecule has 1 unspecified atom stereocenters. The van der Waals surface area contributed by atoms with Crippen LogP contribution in [0.15, 0.2) is 11.6 Å². The summed E-state index contributed by atoms with van der Waals surface area (Å²) >= 11 is 0. The lowest BCUT2D eigenvalue weighted by Crippen LogP contribution is -2.69. The van der Waals surface area contributed by atoms with E-state index in [0.717, 1.165) is 12.0 Å². The number of aliphatic hydroxyl groups excluding tert-OH is 5. The van der Waals surface area contributed by atoms with Crippen molar-refractivity contribution in [2.45, 2.75) is 143 Å². The summed E-state index contributed by atoms with van der Waals surface area (Å²) in [5.74, 6) is -1.12. The molecule has 6 rings (SSSR count). The maximum Gasteiger partial charge on any atom is 0.309 e. The van der Waals surface area contributed by atoms with Gasteiger partial charge in [0.15, 0.2) is 12.1 Å². The zero-order chi connectivity index (χ0) is 34.0. The first-order valence-corrected chi connectivity index (χ1v) is 17.3. The van der Waals surface area contributed by atoms with Crippen molar-refractivity contribution in [3.8, 4) is 0 Å². The molecule has 5 aliphatic carbocycles. The molecule has 260 valence electrons. The Morgan fingerprint density at radius 3 is 2.22 bits per heavy atom. The molecular weight excluding hydrogens is 592 g/mol. The maximum absolute atomic E-state index is 14.6. The number of carboxylic acid groups (broad SMARTS) is 1. The number of ether oxygens (including phenoxy) is 2. The molecule has 0 bridgehead atoms. The summed E-state index contributed by atoms with van der Waals surface area (Å²) in [6, 6.07) is 0. The van der Waals surface area contributed by atoms with Gasteiger partial charge in [-0.15, -0.1) is 0 Å². The second kappa shape index (κ2) is 10.8. The lowest BCUT2D eigenvalue weighted by atomic mass is 9.33. The minimum absolute atomic E-state index is 0.0557. The average molecular weight is 649 g/mol. The van der Waals surface area contributed by atoms with Crippen LogP contribution in [-0.4, -0.2) is 91.9 Å². The van der Waals surface area contributed by atoms with Crippen LogP contribution in [0, 0.1) is 50.2 Å². The van der Waals surface area contributed by atoms with Crippen LogP contribution in [-0.2, 0) is 19.1 Å². The third kappa shape index (κ3) is 4.46. The molecule has 1 aliphatic heterocycles. The molecule has 0 aromatic carbocycles. The van der Waals surface area contributed by atoms with Crippen LogP contribution in [0.3, 0.4) is 0 Å². The summed E-state index contributed by atoms with van der Waals surface area (Å²) in [6.07, 6.45) is -0.922. The molecule has 4 saturated carbocycles. The Morgan fingerprint density at radius 2 is 1.59 bits per heavy atom. The SMILES string of the molecule is CC1(C)[C@@H](O[C@@H]2O[C@H](CO)[C@@H](O)[C@H](O)[C@H]2O)CC[C@]2(C)C3C(=O)C=C4[C@@H]5C[C@@](C)(C(=O)O)CC[C@]5(C)C[C@H](O)[C@@]4(C)[C@]3(C)CC[C@@H]12. The number of carbonyl (C=O) groups excluding carboxylic acids is 1. The molecule has 6 N–H and O–H groups in total. The summed E-state index contributed by atoms with van der Waals surface area (Å²) in [4.78, 5) is 27.0. The van der Waals surface area contributed by atoms with E-state index in [4.69, 9.17) is 9.47 Å². The highest BCUT2D eigenvalue weighted by Crippen LogP contribution is 2.75. The summed E-state index contributed by atoms with van der Waals surface area (Å²) < 4.78 is 12.1. The summed E-state index contributed by atoms with van der Waals surface area (Å²) in [5, 5.41) is 63.3. The summed E-state index contributed by atoms with van der Waals surface area (Å²) in [6.45, 7) is 14.3. The van der Waals surface area contributed by atoms with Crippen molar-refractivity contribution in [3.05, 3.63) is 11.6 Å². The first kappa shape index (κ1) is 34.5. The van der Waals surface area contributed by atoms with Gasteiger partial charge in [-0.25, -0.2) is 0 Å². The fraction of sp³-hybridized carbons (Fsp3) is 0.889. The third-order valence-corrected chi connectivity index (χ3v) is 15.2. The van der Waals surface area contributed by atoms with Crippen LogP contribution in [0.4, 0.5) is 0 Å². The number of ketones is 1. The molecule has 1 saturated heterocycles. The van der Waals surface area contributed by atoms with Gasteiger partial charge in [0.2, 0.25) is 0 Å². The molecule has 0 radical (unpaired) electrons. The van der Waals surface area contributed by atoms with Gasteiger partial charge in [-0.05, 0) is 97.9 Å². The fourth-order valence-electron chi connectivity index (χ4n) is 12.1. The number of carbonyl (C=O) groups is 2. The Kier molecular flexibility index (Phi) is 8.09. The monoisotopic (exact) mass is 648 g/mol. The number of aliphatic hydroxyl groups is 5. The lowest BCUT2D eigenvalue weighted by Gasteiger charge is -2.71. The molecule has 6 aliphatic rings. The predicted octanol–water partition coefficient (Wildman–Crippen LogP) is 3.21. The molecule has 0 aromatic rings. The molecule has 0 aromatic heterocycles. The zero-order valence-electron chi connectivity index (χ0n) is 28.5. The van der Waals surface area contributed by atoms with Gasteiger partial charge < -0.3 is 40.1 Å². The molecule has 10 heteroatoms. The average Bonchev–Trinajstić information content (AvgIpc) is 2.97. The first-order chi connectivity index (χ1) is 21.2. The van der Waals surface area contributed by atoms with Crippen molar-refractivity contribution in [3.63, 3.8) is 0 Å². The van der Waals surface area contributed by atoms with Crippen LogP contribution in [0.1, 0.15) is 99.8 Å². The Labute approximate surface area is 272 Å². The smallest absolute Gasteiger partial charge is 0.309 e. The van der Waals surface area contributed by atoms with Gasteiger partial charge in [0.25, 0.3) is 0 Å². The van der Waals surface area contributed by atoms with Crippen LogP contribution in [0.25, 0.3) is 0 Å². The Morgan fingerprint density at radius 1 is 0.913 bits per heavy atom. The van der Waals surface area contributed by atoms with E-state index in [9.17, 15) is 40.2 Å². The van der Waals surface area contributed by atoms with E-state index in [-0.39, 0.29) is 35.1 Å². The van der Waals surface area contributed by atoms with Gasteiger partial charge in [-0.1, -0.05) is 47.1 Å². The van der Waals surface area contributed by atoms with E-state index < -0.39 is 76.5 Å². The number of fused-ring (bicyclic) bond motifs is 7. The molecule has 15 atom stereocenters.